The molecule has 1 fully saturated rings. The lowest BCUT2D eigenvalue weighted by molar-refractivity contribution is -0.116. The van der Waals surface area contributed by atoms with Gasteiger partial charge in [0.1, 0.15) is 10.6 Å². The Labute approximate surface area is 148 Å². The summed E-state index contributed by atoms with van der Waals surface area (Å²) < 4.78 is 29.3. The fraction of sp³-hybridized carbons (Fsp3) is 0.0625. The first kappa shape index (κ1) is 17.2. The third-order valence-corrected chi connectivity index (χ3v) is 5.18. The zero-order chi connectivity index (χ0) is 17.7. The first-order chi connectivity index (χ1) is 12.0. The molecule has 2 aromatic carbocycles. The lowest BCUT2D eigenvalue weighted by Gasteiger charge is -2.06. The smallest absolute Gasteiger partial charge is 0.339 e. The van der Waals surface area contributed by atoms with E-state index in [1.807, 2.05) is 0 Å². The molecule has 0 spiro atoms. The second kappa shape index (κ2) is 7.49. The van der Waals surface area contributed by atoms with Crippen LogP contribution < -0.4 is 9.50 Å². The van der Waals surface area contributed by atoms with Crippen LogP contribution in [0, 0.1) is 0 Å². The van der Waals surface area contributed by atoms with E-state index in [9.17, 15) is 13.2 Å². The molecule has 1 aliphatic rings. The average molecular weight is 375 g/mol. The largest absolute Gasteiger partial charge is 0.379 e. The second-order valence-corrected chi connectivity index (χ2v) is 7.42. The number of amidine groups is 1. The Balaban J connectivity index is 1.65. The van der Waals surface area contributed by atoms with Crippen molar-refractivity contribution >= 4 is 39.2 Å². The van der Waals surface area contributed by atoms with Gasteiger partial charge in [-0.2, -0.15) is 13.5 Å². The molecule has 0 aromatic heterocycles. The van der Waals surface area contributed by atoms with Crippen LogP contribution in [0.1, 0.15) is 5.56 Å². The van der Waals surface area contributed by atoms with Crippen LogP contribution in [-0.2, 0) is 14.9 Å². The van der Waals surface area contributed by atoms with Gasteiger partial charge >= 0.3 is 10.1 Å². The minimum atomic E-state index is -3.86. The number of carbonyl (C=O) groups excluding carboxylic acids is 1. The average Bonchev–Trinajstić information content (AvgIpc) is 3.02. The molecule has 1 heterocycles. The van der Waals surface area contributed by atoms with Crippen molar-refractivity contribution in [3.63, 3.8) is 0 Å². The van der Waals surface area contributed by atoms with E-state index < -0.39 is 10.1 Å². The normalized spacial score (nSPS) is 16.3. The summed E-state index contributed by atoms with van der Waals surface area (Å²) in [6, 6.07) is 14.3. The quantitative estimate of drug-likeness (QED) is 0.490. The molecule has 0 bridgehead atoms. The molecule has 1 saturated heterocycles. The highest BCUT2D eigenvalue weighted by Crippen LogP contribution is 2.18. The maximum absolute atomic E-state index is 12.1. The molecule has 1 N–H and O–H groups in total. The molecule has 1 aliphatic heterocycles. The van der Waals surface area contributed by atoms with Gasteiger partial charge in [0.25, 0.3) is 0 Å². The molecule has 0 radical (unpaired) electrons. The molecular formula is C16H13N3O4S2. The molecular weight excluding hydrogens is 362 g/mol. The van der Waals surface area contributed by atoms with Gasteiger partial charge in [0, 0.05) is 0 Å². The van der Waals surface area contributed by atoms with Crippen LogP contribution in [-0.4, -0.2) is 31.5 Å². The topological polar surface area (TPSA) is 97.2 Å². The predicted molar refractivity (Wildman–Crippen MR) is 96.3 cm³/mol. The van der Waals surface area contributed by atoms with Gasteiger partial charge in [-0.1, -0.05) is 30.0 Å². The molecule has 2 aromatic rings. The summed E-state index contributed by atoms with van der Waals surface area (Å²) in [6.45, 7) is 0. The summed E-state index contributed by atoms with van der Waals surface area (Å²) in [7, 11) is -3.86. The van der Waals surface area contributed by atoms with Crippen LogP contribution in [0.5, 0.6) is 5.75 Å². The van der Waals surface area contributed by atoms with Crippen LogP contribution in [0.25, 0.3) is 0 Å². The maximum Gasteiger partial charge on any atom is 0.339 e. The third-order valence-electron chi connectivity index (χ3n) is 3.06. The Kier molecular flexibility index (Phi) is 5.15. The highest BCUT2D eigenvalue weighted by atomic mass is 32.2. The standard InChI is InChI=1S/C16H13N3O4S2/c20-15-11-24-16(18-15)19-17-10-12-6-8-13(9-7-12)23-25(21,22)14-4-2-1-3-5-14/h1-10H,11H2,(H,18,19,20)/b17-10+. The Hall–Kier alpha value is -2.65. The van der Waals surface area contributed by atoms with Gasteiger partial charge in [-0.3, -0.25) is 4.79 Å². The fourth-order valence-corrected chi connectivity index (χ4v) is 3.48. The molecule has 128 valence electrons. The van der Waals surface area contributed by atoms with Crippen molar-refractivity contribution in [1.82, 2.24) is 5.32 Å². The first-order valence-electron chi connectivity index (χ1n) is 7.16. The minimum absolute atomic E-state index is 0.0903. The van der Waals surface area contributed by atoms with Gasteiger partial charge in [-0.25, -0.2) is 0 Å². The molecule has 0 atom stereocenters. The highest BCUT2D eigenvalue weighted by molar-refractivity contribution is 8.15. The van der Waals surface area contributed by atoms with E-state index in [1.54, 1.807) is 30.3 Å². The van der Waals surface area contributed by atoms with Crippen molar-refractivity contribution in [3.05, 3.63) is 60.2 Å². The number of nitrogens with one attached hydrogen (secondary N) is 1. The van der Waals surface area contributed by atoms with Gasteiger partial charge in [0.2, 0.25) is 5.91 Å². The van der Waals surface area contributed by atoms with Crippen LogP contribution in [0.15, 0.2) is 69.7 Å². The summed E-state index contributed by atoms with van der Waals surface area (Å²) in [4.78, 5) is 11.1. The van der Waals surface area contributed by atoms with Crippen molar-refractivity contribution in [2.45, 2.75) is 4.90 Å². The minimum Gasteiger partial charge on any atom is -0.379 e. The zero-order valence-corrected chi connectivity index (χ0v) is 14.5. The van der Waals surface area contributed by atoms with E-state index in [2.05, 4.69) is 15.5 Å². The van der Waals surface area contributed by atoms with Gasteiger partial charge in [-0.15, -0.1) is 5.10 Å². The van der Waals surface area contributed by atoms with Gasteiger partial charge in [-0.05, 0) is 42.0 Å². The molecule has 25 heavy (non-hydrogen) atoms. The highest BCUT2D eigenvalue weighted by Gasteiger charge is 2.16. The monoisotopic (exact) mass is 375 g/mol. The number of amides is 1. The summed E-state index contributed by atoms with van der Waals surface area (Å²) in [5, 5.41) is 10.8. The Morgan fingerprint density at radius 1 is 1.08 bits per heavy atom. The van der Waals surface area contributed by atoms with Crippen LogP contribution in [0.2, 0.25) is 0 Å². The lowest BCUT2D eigenvalue weighted by Crippen LogP contribution is -2.19. The number of carbonyl (C=O) groups is 1. The molecule has 7 nitrogen and oxygen atoms in total. The van der Waals surface area contributed by atoms with Gasteiger partial charge < -0.3 is 9.50 Å². The van der Waals surface area contributed by atoms with Gasteiger partial charge in [0.05, 0.1) is 12.0 Å². The number of hydrogen-bond acceptors (Lipinski definition) is 7. The summed E-state index contributed by atoms with van der Waals surface area (Å²) in [5.74, 6) is 0.446. The second-order valence-electron chi connectivity index (χ2n) is 4.91. The summed E-state index contributed by atoms with van der Waals surface area (Å²) >= 11 is 1.28. The zero-order valence-electron chi connectivity index (χ0n) is 12.8. The van der Waals surface area contributed by atoms with Crippen molar-refractivity contribution in [3.8, 4) is 5.75 Å². The van der Waals surface area contributed by atoms with Crippen molar-refractivity contribution in [2.24, 2.45) is 10.2 Å². The van der Waals surface area contributed by atoms with Crippen LogP contribution >= 0.6 is 11.8 Å². The number of rotatable bonds is 5. The molecule has 1 amide bonds. The lowest BCUT2D eigenvalue weighted by atomic mass is 10.2. The molecule has 0 unspecified atom stereocenters. The number of benzene rings is 2. The molecule has 0 saturated carbocycles. The number of hydrogen-bond donors (Lipinski definition) is 1. The number of nitrogens with zero attached hydrogens (tertiary/aromatic N) is 2. The van der Waals surface area contributed by atoms with Crippen molar-refractivity contribution in [1.29, 1.82) is 0 Å². The van der Waals surface area contributed by atoms with Crippen molar-refractivity contribution < 1.29 is 17.4 Å². The first-order valence-corrected chi connectivity index (χ1v) is 9.56. The summed E-state index contributed by atoms with van der Waals surface area (Å²) in [6.07, 6.45) is 1.49. The van der Waals surface area contributed by atoms with E-state index in [0.29, 0.717) is 16.5 Å². The Bertz CT molecular complexity index is 924. The van der Waals surface area contributed by atoms with Gasteiger partial charge in [0.15, 0.2) is 5.17 Å². The SMILES string of the molecule is O=C1CS/C(=N/N=C/c2ccc(OS(=O)(=O)c3ccccc3)cc2)N1. The predicted octanol–water partition coefficient (Wildman–Crippen LogP) is 2.01. The van der Waals surface area contributed by atoms with E-state index in [-0.39, 0.29) is 16.6 Å². The van der Waals surface area contributed by atoms with Crippen LogP contribution in [0.4, 0.5) is 0 Å². The van der Waals surface area contributed by atoms with E-state index in [4.69, 9.17) is 4.18 Å². The van der Waals surface area contributed by atoms with Crippen LogP contribution in [0.3, 0.4) is 0 Å². The molecule has 3 rings (SSSR count). The molecule has 9 heteroatoms. The summed E-state index contributed by atoms with van der Waals surface area (Å²) in [5.41, 5.74) is 0.711. The van der Waals surface area contributed by atoms with E-state index in [1.165, 1.54) is 42.2 Å². The van der Waals surface area contributed by atoms with Crippen molar-refractivity contribution in [2.75, 3.05) is 5.75 Å². The molecule has 0 aliphatic carbocycles. The third kappa shape index (κ3) is 4.68. The Morgan fingerprint density at radius 2 is 1.80 bits per heavy atom. The van der Waals surface area contributed by atoms with E-state index in [0.717, 1.165) is 0 Å². The maximum atomic E-state index is 12.1. The fourth-order valence-electron chi connectivity index (χ4n) is 1.90. The number of thioether (sulfide) groups is 1. The van der Waals surface area contributed by atoms with E-state index >= 15 is 0 Å². The Morgan fingerprint density at radius 3 is 2.44 bits per heavy atom.